The van der Waals surface area contributed by atoms with Crippen LogP contribution in [0.25, 0.3) is 0 Å². The fourth-order valence-corrected chi connectivity index (χ4v) is 1.84. The molecule has 19 heavy (non-hydrogen) atoms. The summed E-state index contributed by atoms with van der Waals surface area (Å²) in [5.74, 6) is 1.49. The van der Waals surface area contributed by atoms with Crippen molar-refractivity contribution in [2.24, 2.45) is 0 Å². The summed E-state index contributed by atoms with van der Waals surface area (Å²) in [6, 6.07) is 6.11. The Balaban J connectivity index is 2.14. The number of nitrogens with zero attached hydrogens (tertiary/aromatic N) is 3. The summed E-state index contributed by atoms with van der Waals surface area (Å²) in [5.41, 5.74) is 2.12. The zero-order valence-corrected chi connectivity index (χ0v) is 11.5. The maximum absolute atomic E-state index is 4.44. The Morgan fingerprint density at radius 3 is 2.63 bits per heavy atom. The summed E-state index contributed by atoms with van der Waals surface area (Å²) >= 11 is 0. The third-order valence-electron chi connectivity index (χ3n) is 2.76. The summed E-state index contributed by atoms with van der Waals surface area (Å²) in [5, 5.41) is 6.51. The molecule has 0 saturated heterocycles. The number of hydrogen-bond donors (Lipinski definition) is 2. The molecule has 0 bridgehead atoms. The zero-order valence-electron chi connectivity index (χ0n) is 11.5. The highest BCUT2D eigenvalue weighted by Gasteiger charge is 2.07. The molecule has 1 atom stereocenters. The van der Waals surface area contributed by atoms with Crippen LogP contribution in [-0.2, 0) is 0 Å². The average Bonchev–Trinajstić information content (AvgIpc) is 2.39. The van der Waals surface area contributed by atoms with Crippen LogP contribution in [0.3, 0.4) is 0 Å². The molecule has 0 aliphatic rings. The van der Waals surface area contributed by atoms with Gasteiger partial charge in [-0.3, -0.25) is 4.98 Å². The summed E-state index contributed by atoms with van der Waals surface area (Å²) < 4.78 is 0. The maximum atomic E-state index is 4.44. The number of anilines is 2. The van der Waals surface area contributed by atoms with Gasteiger partial charge in [0.15, 0.2) is 0 Å². The molecule has 0 fully saturated rings. The minimum Gasteiger partial charge on any atom is -0.363 e. The first-order chi connectivity index (χ1) is 9.19. The van der Waals surface area contributed by atoms with Gasteiger partial charge in [-0.2, -0.15) is 4.98 Å². The number of nitrogens with one attached hydrogen (secondary N) is 2. The number of aromatic nitrogens is 3. The smallest absolute Gasteiger partial charge is 0.224 e. The van der Waals surface area contributed by atoms with E-state index in [2.05, 4.69) is 32.5 Å². The van der Waals surface area contributed by atoms with E-state index in [0.29, 0.717) is 5.95 Å². The highest BCUT2D eigenvalue weighted by atomic mass is 15.1. The van der Waals surface area contributed by atoms with Gasteiger partial charge in [-0.05, 0) is 38.5 Å². The first kappa shape index (κ1) is 13.3. The van der Waals surface area contributed by atoms with Crippen LogP contribution < -0.4 is 10.6 Å². The highest BCUT2D eigenvalue weighted by Crippen LogP contribution is 2.18. The second-order valence-corrected chi connectivity index (χ2v) is 4.40. The molecule has 0 aliphatic carbocycles. The molecule has 0 spiro atoms. The van der Waals surface area contributed by atoms with Gasteiger partial charge in [-0.25, -0.2) is 4.98 Å². The Bertz CT molecular complexity index is 527. The minimum absolute atomic E-state index is 0.173. The molecule has 0 amide bonds. The third kappa shape index (κ3) is 3.64. The van der Waals surface area contributed by atoms with Crippen molar-refractivity contribution >= 4 is 11.8 Å². The molecular weight excluding hydrogens is 238 g/mol. The van der Waals surface area contributed by atoms with Crippen molar-refractivity contribution in [2.75, 3.05) is 17.2 Å². The van der Waals surface area contributed by atoms with Gasteiger partial charge in [0.2, 0.25) is 5.95 Å². The SMILES string of the molecule is CCNc1nc(C)cc(NC(C)c2ccncc2)n1. The topological polar surface area (TPSA) is 62.7 Å². The molecule has 5 nitrogen and oxygen atoms in total. The molecule has 2 heterocycles. The Morgan fingerprint density at radius 1 is 1.21 bits per heavy atom. The van der Waals surface area contributed by atoms with E-state index in [9.17, 15) is 0 Å². The van der Waals surface area contributed by atoms with E-state index in [1.54, 1.807) is 12.4 Å². The van der Waals surface area contributed by atoms with Gasteiger partial charge in [0, 0.05) is 30.7 Å². The van der Waals surface area contributed by atoms with Crippen LogP contribution in [0.4, 0.5) is 11.8 Å². The number of pyridine rings is 1. The van der Waals surface area contributed by atoms with Crippen LogP contribution in [0.1, 0.15) is 31.1 Å². The van der Waals surface area contributed by atoms with Gasteiger partial charge in [0.05, 0.1) is 6.04 Å². The lowest BCUT2D eigenvalue weighted by Gasteiger charge is -2.15. The average molecular weight is 257 g/mol. The fraction of sp³-hybridized carbons (Fsp3) is 0.357. The van der Waals surface area contributed by atoms with Crippen molar-refractivity contribution in [3.05, 3.63) is 41.9 Å². The van der Waals surface area contributed by atoms with Gasteiger partial charge >= 0.3 is 0 Å². The molecule has 0 aliphatic heterocycles. The van der Waals surface area contributed by atoms with Crippen molar-refractivity contribution in [3.63, 3.8) is 0 Å². The van der Waals surface area contributed by atoms with Gasteiger partial charge in [-0.15, -0.1) is 0 Å². The van der Waals surface area contributed by atoms with Gasteiger partial charge in [0.1, 0.15) is 5.82 Å². The van der Waals surface area contributed by atoms with Crippen LogP contribution in [0.5, 0.6) is 0 Å². The quantitative estimate of drug-likeness (QED) is 0.862. The molecule has 0 saturated carbocycles. The lowest BCUT2D eigenvalue weighted by molar-refractivity contribution is 0.866. The van der Waals surface area contributed by atoms with Crippen LogP contribution in [0.2, 0.25) is 0 Å². The molecule has 0 aromatic carbocycles. The molecule has 1 unspecified atom stereocenters. The lowest BCUT2D eigenvalue weighted by atomic mass is 10.1. The number of rotatable bonds is 5. The fourth-order valence-electron chi connectivity index (χ4n) is 1.84. The van der Waals surface area contributed by atoms with Gasteiger partial charge in [0.25, 0.3) is 0 Å². The lowest BCUT2D eigenvalue weighted by Crippen LogP contribution is -2.10. The van der Waals surface area contributed by atoms with Crippen LogP contribution in [0, 0.1) is 6.92 Å². The summed E-state index contributed by atoms with van der Waals surface area (Å²) in [4.78, 5) is 12.8. The Hall–Kier alpha value is -2.17. The number of aryl methyl sites for hydroxylation is 1. The molecule has 2 N–H and O–H groups in total. The van der Waals surface area contributed by atoms with Crippen molar-refractivity contribution in [2.45, 2.75) is 26.8 Å². The van der Waals surface area contributed by atoms with E-state index < -0.39 is 0 Å². The Labute approximate surface area is 113 Å². The van der Waals surface area contributed by atoms with Crippen molar-refractivity contribution in [1.82, 2.24) is 15.0 Å². The highest BCUT2D eigenvalue weighted by molar-refractivity contribution is 5.44. The molecule has 0 radical (unpaired) electrons. The normalized spacial score (nSPS) is 11.9. The van der Waals surface area contributed by atoms with Crippen LogP contribution in [-0.4, -0.2) is 21.5 Å². The van der Waals surface area contributed by atoms with E-state index in [4.69, 9.17) is 0 Å². The predicted octanol–water partition coefficient (Wildman–Crippen LogP) is 2.78. The summed E-state index contributed by atoms with van der Waals surface area (Å²) in [6.07, 6.45) is 3.59. The molecule has 2 aromatic rings. The minimum atomic E-state index is 0.173. The Morgan fingerprint density at radius 2 is 1.95 bits per heavy atom. The summed E-state index contributed by atoms with van der Waals surface area (Å²) in [7, 11) is 0. The Kier molecular flexibility index (Phi) is 4.28. The second-order valence-electron chi connectivity index (χ2n) is 4.40. The van der Waals surface area contributed by atoms with Crippen LogP contribution in [0.15, 0.2) is 30.6 Å². The predicted molar refractivity (Wildman–Crippen MR) is 77.2 cm³/mol. The first-order valence-electron chi connectivity index (χ1n) is 6.45. The monoisotopic (exact) mass is 257 g/mol. The molecule has 100 valence electrons. The maximum Gasteiger partial charge on any atom is 0.224 e. The standard InChI is InChI=1S/C14H19N5/c1-4-16-14-17-10(2)9-13(19-14)18-11(3)12-5-7-15-8-6-12/h5-9,11H,4H2,1-3H3,(H2,16,17,18,19). The summed E-state index contributed by atoms with van der Waals surface area (Å²) in [6.45, 7) is 6.89. The van der Waals surface area contributed by atoms with E-state index in [0.717, 1.165) is 18.1 Å². The third-order valence-corrected chi connectivity index (χ3v) is 2.76. The molecular formula is C14H19N5. The van der Waals surface area contributed by atoms with Gasteiger partial charge < -0.3 is 10.6 Å². The molecule has 2 rings (SSSR count). The van der Waals surface area contributed by atoms with Crippen molar-refractivity contribution in [1.29, 1.82) is 0 Å². The first-order valence-corrected chi connectivity index (χ1v) is 6.45. The van der Waals surface area contributed by atoms with Crippen molar-refractivity contribution in [3.8, 4) is 0 Å². The van der Waals surface area contributed by atoms with Gasteiger partial charge in [-0.1, -0.05) is 0 Å². The number of hydrogen-bond acceptors (Lipinski definition) is 5. The van der Waals surface area contributed by atoms with Crippen molar-refractivity contribution < 1.29 is 0 Å². The van der Waals surface area contributed by atoms with E-state index >= 15 is 0 Å². The molecule has 2 aromatic heterocycles. The molecule has 5 heteroatoms. The van der Waals surface area contributed by atoms with Crippen LogP contribution >= 0.6 is 0 Å². The van der Waals surface area contributed by atoms with E-state index in [1.165, 1.54) is 5.56 Å². The van der Waals surface area contributed by atoms with E-state index in [-0.39, 0.29) is 6.04 Å². The largest absolute Gasteiger partial charge is 0.363 e. The zero-order chi connectivity index (χ0) is 13.7. The second kappa shape index (κ2) is 6.13. The van der Waals surface area contributed by atoms with E-state index in [1.807, 2.05) is 32.0 Å².